The van der Waals surface area contributed by atoms with Crippen molar-refractivity contribution in [2.75, 3.05) is 7.11 Å². The van der Waals surface area contributed by atoms with Gasteiger partial charge in [0.1, 0.15) is 6.10 Å². The van der Waals surface area contributed by atoms with Crippen LogP contribution in [0.3, 0.4) is 0 Å². The lowest BCUT2D eigenvalue weighted by atomic mass is 9.63. The molecule has 1 N–H and O–H groups in total. The smallest absolute Gasteiger partial charge is 0.331 e. The Hall–Kier alpha value is -3.49. The second-order valence-electron chi connectivity index (χ2n) is 10.4. The van der Waals surface area contributed by atoms with Crippen molar-refractivity contribution in [1.29, 1.82) is 0 Å². The first-order chi connectivity index (χ1) is 16.8. The third-order valence-electron chi connectivity index (χ3n) is 7.50. The zero-order valence-corrected chi connectivity index (χ0v) is 21.2. The highest BCUT2D eigenvalue weighted by atomic mass is 16.5. The first kappa shape index (κ1) is 27.1. The van der Waals surface area contributed by atoms with Crippen molar-refractivity contribution >= 4 is 29.5 Å². The minimum atomic E-state index is -1.15. The second-order valence-corrected chi connectivity index (χ2v) is 10.4. The molecular weight excluding hydrogens is 468 g/mol. The Kier molecular flexibility index (Phi) is 7.71. The molecule has 1 aromatic heterocycles. The molecule has 0 amide bonds. The molecule has 0 aromatic carbocycles. The molecule has 0 bridgehead atoms. The van der Waals surface area contributed by atoms with E-state index in [1.54, 1.807) is 26.0 Å². The van der Waals surface area contributed by atoms with E-state index in [9.17, 15) is 29.1 Å². The summed E-state index contributed by atoms with van der Waals surface area (Å²) >= 11 is 0. The summed E-state index contributed by atoms with van der Waals surface area (Å²) < 4.78 is 15.5. The van der Waals surface area contributed by atoms with E-state index in [4.69, 9.17) is 13.9 Å². The van der Waals surface area contributed by atoms with Gasteiger partial charge in [0.25, 0.3) is 0 Å². The summed E-state index contributed by atoms with van der Waals surface area (Å²) in [6.07, 6.45) is 4.29. The summed E-state index contributed by atoms with van der Waals surface area (Å²) in [6.45, 7) is 7.21. The maximum Gasteiger partial charge on any atom is 0.331 e. The molecule has 0 saturated heterocycles. The van der Waals surface area contributed by atoms with Crippen LogP contribution in [0.15, 0.2) is 46.3 Å². The zero-order valence-electron chi connectivity index (χ0n) is 21.2. The standard InChI is InChI=1S/C27H32O9/c1-15-18(11-22(31)34-5)26(2,3)13-17(24(15)33)10-20(28)19-12-23(32)36-25(16-7-9-35-14-16)27(19,4)8-6-21(29)30/h7,9,12-15,18,25H,6,8,10-11H2,1-5H3,(H,29,30). The average molecular weight is 501 g/mol. The Labute approximate surface area is 209 Å². The number of rotatable bonds is 9. The number of methoxy groups -OCH3 is 1. The zero-order chi connectivity index (χ0) is 26.8. The summed E-state index contributed by atoms with van der Waals surface area (Å²) in [5, 5.41) is 9.32. The third-order valence-corrected chi connectivity index (χ3v) is 7.50. The summed E-state index contributed by atoms with van der Waals surface area (Å²) in [7, 11) is 1.30. The van der Waals surface area contributed by atoms with E-state index in [2.05, 4.69) is 0 Å². The SMILES string of the molecule is COC(=O)CC1C(C)C(=O)C(CC(=O)C2=CC(=O)OC(c3ccoc3)C2(C)CCC(=O)O)=CC1(C)C. The quantitative estimate of drug-likeness (QED) is 0.499. The number of esters is 2. The van der Waals surface area contributed by atoms with Crippen LogP contribution in [0, 0.1) is 22.7 Å². The van der Waals surface area contributed by atoms with Crippen LogP contribution in [0.25, 0.3) is 0 Å². The molecule has 4 unspecified atom stereocenters. The molecule has 9 nitrogen and oxygen atoms in total. The fourth-order valence-corrected chi connectivity index (χ4v) is 5.45. The Morgan fingerprint density at radius 1 is 1.17 bits per heavy atom. The van der Waals surface area contributed by atoms with Gasteiger partial charge in [0.2, 0.25) is 0 Å². The van der Waals surface area contributed by atoms with Crippen LogP contribution in [0.4, 0.5) is 0 Å². The van der Waals surface area contributed by atoms with Gasteiger partial charge >= 0.3 is 17.9 Å². The number of cyclic esters (lactones) is 1. The molecule has 3 rings (SSSR count). The van der Waals surface area contributed by atoms with E-state index in [0.29, 0.717) is 11.1 Å². The summed E-state index contributed by atoms with van der Waals surface area (Å²) in [6, 6.07) is 1.60. The molecule has 4 atom stereocenters. The number of hydrogen-bond donors (Lipinski definition) is 1. The second kappa shape index (κ2) is 10.2. The summed E-state index contributed by atoms with van der Waals surface area (Å²) in [5.74, 6) is -3.71. The number of Topliss-reactive ketones (excluding diaryl/α,β-unsaturated/α-hetero) is 2. The van der Waals surface area contributed by atoms with E-state index in [1.807, 2.05) is 13.8 Å². The summed E-state index contributed by atoms with van der Waals surface area (Å²) in [4.78, 5) is 62.7. The maximum atomic E-state index is 13.6. The van der Waals surface area contributed by atoms with Crippen LogP contribution in [0.2, 0.25) is 0 Å². The van der Waals surface area contributed by atoms with Crippen molar-refractivity contribution in [3.8, 4) is 0 Å². The molecule has 2 heterocycles. The van der Waals surface area contributed by atoms with E-state index in [0.717, 1.165) is 6.08 Å². The molecule has 1 aliphatic carbocycles. The van der Waals surface area contributed by atoms with Gasteiger partial charge in [-0.15, -0.1) is 0 Å². The lowest BCUT2D eigenvalue weighted by molar-refractivity contribution is -0.154. The van der Waals surface area contributed by atoms with Gasteiger partial charge in [-0.2, -0.15) is 0 Å². The number of ether oxygens (including phenoxy) is 2. The molecule has 9 heteroatoms. The lowest BCUT2D eigenvalue weighted by Gasteiger charge is -2.42. The van der Waals surface area contributed by atoms with Crippen LogP contribution >= 0.6 is 0 Å². The molecule has 0 spiro atoms. The monoisotopic (exact) mass is 500 g/mol. The summed E-state index contributed by atoms with van der Waals surface area (Å²) in [5.41, 5.74) is -0.799. The number of aliphatic carboxylic acids is 1. The number of hydrogen-bond acceptors (Lipinski definition) is 8. The lowest BCUT2D eigenvalue weighted by Crippen LogP contribution is -2.41. The highest BCUT2D eigenvalue weighted by molar-refractivity contribution is 6.09. The van der Waals surface area contributed by atoms with Gasteiger partial charge < -0.3 is 19.0 Å². The molecular formula is C27H32O9. The first-order valence-electron chi connectivity index (χ1n) is 11.8. The number of carboxylic acid groups (broad SMARTS) is 1. The topological polar surface area (TPSA) is 137 Å². The number of carbonyl (C=O) groups excluding carboxylic acids is 4. The molecule has 0 radical (unpaired) electrons. The fraction of sp³-hybridized carbons (Fsp3) is 0.519. The van der Waals surface area contributed by atoms with Gasteiger partial charge in [-0.25, -0.2) is 4.79 Å². The van der Waals surface area contributed by atoms with Crippen LogP contribution < -0.4 is 0 Å². The Morgan fingerprint density at radius 2 is 1.86 bits per heavy atom. The van der Waals surface area contributed by atoms with E-state index in [-0.39, 0.29) is 43.0 Å². The molecule has 0 saturated carbocycles. The third kappa shape index (κ3) is 5.34. The minimum absolute atomic E-state index is 0.0269. The van der Waals surface area contributed by atoms with E-state index in [1.165, 1.54) is 19.6 Å². The molecule has 1 aliphatic heterocycles. The average Bonchev–Trinajstić information content (AvgIpc) is 3.34. The van der Waals surface area contributed by atoms with Gasteiger partial charge in [0, 0.05) is 47.8 Å². The van der Waals surface area contributed by atoms with Gasteiger partial charge in [0.15, 0.2) is 11.6 Å². The van der Waals surface area contributed by atoms with Crippen LogP contribution in [0.1, 0.15) is 65.0 Å². The molecule has 1 aromatic rings. The number of ketones is 2. The number of carbonyl (C=O) groups is 5. The number of furan rings is 1. The first-order valence-corrected chi connectivity index (χ1v) is 11.8. The largest absolute Gasteiger partial charge is 0.481 e. The van der Waals surface area contributed by atoms with Crippen molar-refractivity contribution in [2.45, 2.75) is 59.5 Å². The van der Waals surface area contributed by atoms with Gasteiger partial charge in [-0.1, -0.05) is 33.8 Å². The van der Waals surface area contributed by atoms with Crippen LogP contribution in [-0.2, 0) is 33.4 Å². The van der Waals surface area contributed by atoms with Crippen molar-refractivity contribution in [3.05, 3.63) is 47.5 Å². The van der Waals surface area contributed by atoms with Crippen molar-refractivity contribution < 1.29 is 43.0 Å². The van der Waals surface area contributed by atoms with Gasteiger partial charge in [-0.3, -0.25) is 19.2 Å². The highest BCUT2D eigenvalue weighted by Crippen LogP contribution is 2.50. The number of allylic oxidation sites excluding steroid dienone is 2. The minimum Gasteiger partial charge on any atom is -0.481 e. The van der Waals surface area contributed by atoms with Gasteiger partial charge in [0.05, 0.1) is 19.6 Å². The van der Waals surface area contributed by atoms with Crippen LogP contribution in [-0.4, -0.2) is 41.7 Å². The number of carboxylic acids is 1. The Bertz CT molecular complexity index is 1120. The van der Waals surface area contributed by atoms with Crippen molar-refractivity contribution in [1.82, 2.24) is 0 Å². The van der Waals surface area contributed by atoms with E-state index < -0.39 is 46.5 Å². The maximum absolute atomic E-state index is 13.6. The Morgan fingerprint density at radius 3 is 2.44 bits per heavy atom. The Balaban J connectivity index is 1.96. The fourth-order valence-electron chi connectivity index (χ4n) is 5.45. The normalized spacial score (nSPS) is 27.5. The molecule has 36 heavy (non-hydrogen) atoms. The molecule has 0 fully saturated rings. The van der Waals surface area contributed by atoms with E-state index >= 15 is 0 Å². The van der Waals surface area contributed by atoms with Gasteiger partial charge in [-0.05, 0) is 29.4 Å². The predicted molar refractivity (Wildman–Crippen MR) is 126 cm³/mol. The molecule has 194 valence electrons. The van der Waals surface area contributed by atoms with Crippen molar-refractivity contribution in [2.24, 2.45) is 22.7 Å². The predicted octanol–water partition coefficient (Wildman–Crippen LogP) is 3.98. The highest BCUT2D eigenvalue weighted by Gasteiger charge is 2.48. The van der Waals surface area contributed by atoms with Crippen molar-refractivity contribution in [3.63, 3.8) is 0 Å². The van der Waals surface area contributed by atoms with Crippen LogP contribution in [0.5, 0.6) is 0 Å². The molecule has 2 aliphatic rings.